The standard InChI is InChI=1S/C23H26N2O6/c1-15-20(23(2,28)17-10-18(29-3)12-19(11-17)30-4)25(22(27)24-21(15)26)14-31-13-16-8-6-5-7-9-16/h5-12,28H,13-14H2,1-4H3,(H,24,26,27). The first-order valence-corrected chi connectivity index (χ1v) is 9.69. The molecule has 0 amide bonds. The molecule has 0 bridgehead atoms. The molecule has 1 aromatic heterocycles. The van der Waals surface area contributed by atoms with Gasteiger partial charge in [0.05, 0.1) is 26.5 Å². The second-order valence-corrected chi connectivity index (χ2v) is 7.30. The summed E-state index contributed by atoms with van der Waals surface area (Å²) in [4.78, 5) is 27.3. The molecule has 0 spiro atoms. The summed E-state index contributed by atoms with van der Waals surface area (Å²) in [5.74, 6) is 0.928. The lowest BCUT2D eigenvalue weighted by Gasteiger charge is -2.29. The van der Waals surface area contributed by atoms with Crippen LogP contribution in [-0.4, -0.2) is 28.9 Å². The van der Waals surface area contributed by atoms with Crippen LogP contribution in [0.3, 0.4) is 0 Å². The first-order valence-electron chi connectivity index (χ1n) is 9.69. The smallest absolute Gasteiger partial charge is 0.330 e. The van der Waals surface area contributed by atoms with Crippen molar-refractivity contribution in [1.29, 1.82) is 0 Å². The van der Waals surface area contributed by atoms with E-state index in [0.29, 0.717) is 17.1 Å². The van der Waals surface area contributed by atoms with Gasteiger partial charge in [-0.2, -0.15) is 0 Å². The van der Waals surface area contributed by atoms with Gasteiger partial charge in [-0.3, -0.25) is 14.3 Å². The van der Waals surface area contributed by atoms with Crippen LogP contribution >= 0.6 is 0 Å². The van der Waals surface area contributed by atoms with Crippen molar-refractivity contribution in [3.8, 4) is 11.5 Å². The number of hydrogen-bond donors (Lipinski definition) is 2. The Morgan fingerprint density at radius 2 is 1.65 bits per heavy atom. The van der Waals surface area contributed by atoms with E-state index in [-0.39, 0.29) is 24.6 Å². The molecule has 164 valence electrons. The molecule has 8 nitrogen and oxygen atoms in total. The first-order chi connectivity index (χ1) is 14.8. The third-order valence-electron chi connectivity index (χ3n) is 5.14. The summed E-state index contributed by atoms with van der Waals surface area (Å²) in [7, 11) is 3.00. The van der Waals surface area contributed by atoms with Crippen LogP contribution in [0.25, 0.3) is 0 Å². The van der Waals surface area contributed by atoms with Crippen molar-refractivity contribution in [3.05, 3.63) is 91.8 Å². The Balaban J connectivity index is 2.06. The lowest BCUT2D eigenvalue weighted by atomic mass is 9.89. The van der Waals surface area contributed by atoms with Crippen LogP contribution in [0.1, 0.15) is 29.3 Å². The van der Waals surface area contributed by atoms with Crippen molar-refractivity contribution < 1.29 is 19.3 Å². The summed E-state index contributed by atoms with van der Waals surface area (Å²) in [6, 6.07) is 14.4. The highest BCUT2D eigenvalue weighted by molar-refractivity contribution is 5.44. The van der Waals surface area contributed by atoms with E-state index in [0.717, 1.165) is 5.56 Å². The van der Waals surface area contributed by atoms with Crippen molar-refractivity contribution >= 4 is 0 Å². The van der Waals surface area contributed by atoms with Gasteiger partial charge in [0.25, 0.3) is 5.56 Å². The largest absolute Gasteiger partial charge is 0.497 e. The Labute approximate surface area is 179 Å². The maximum absolute atomic E-state index is 12.6. The Hall–Kier alpha value is -3.36. The van der Waals surface area contributed by atoms with Crippen LogP contribution in [0.5, 0.6) is 11.5 Å². The van der Waals surface area contributed by atoms with E-state index in [4.69, 9.17) is 14.2 Å². The van der Waals surface area contributed by atoms with Gasteiger partial charge in [-0.15, -0.1) is 0 Å². The van der Waals surface area contributed by atoms with Crippen LogP contribution in [0, 0.1) is 6.92 Å². The van der Waals surface area contributed by atoms with Crippen molar-refractivity contribution in [2.24, 2.45) is 0 Å². The number of H-pyrrole nitrogens is 1. The van der Waals surface area contributed by atoms with Crippen molar-refractivity contribution in [1.82, 2.24) is 9.55 Å². The molecule has 0 aliphatic heterocycles. The first kappa shape index (κ1) is 22.3. The van der Waals surface area contributed by atoms with Crippen molar-refractivity contribution in [3.63, 3.8) is 0 Å². The third-order valence-corrected chi connectivity index (χ3v) is 5.14. The Morgan fingerprint density at radius 1 is 1.03 bits per heavy atom. The fourth-order valence-electron chi connectivity index (χ4n) is 3.48. The van der Waals surface area contributed by atoms with Gasteiger partial charge in [-0.25, -0.2) is 4.79 Å². The average Bonchev–Trinajstić information content (AvgIpc) is 2.77. The van der Waals surface area contributed by atoms with E-state index < -0.39 is 16.9 Å². The average molecular weight is 426 g/mol. The highest BCUT2D eigenvalue weighted by Crippen LogP contribution is 2.34. The summed E-state index contributed by atoms with van der Waals surface area (Å²) in [5.41, 5.74) is -1.30. The molecule has 3 aromatic rings. The number of ether oxygens (including phenoxy) is 3. The molecule has 1 unspecified atom stereocenters. The SMILES string of the molecule is COc1cc(OC)cc(C(C)(O)c2c(C)c(=O)[nH]c(=O)n2COCc2ccccc2)c1. The predicted octanol–water partition coefficient (Wildman–Crippen LogP) is 2.29. The van der Waals surface area contributed by atoms with Gasteiger partial charge in [0.1, 0.15) is 23.8 Å². The summed E-state index contributed by atoms with van der Waals surface area (Å²) < 4.78 is 17.5. The topological polar surface area (TPSA) is 103 Å². The van der Waals surface area contributed by atoms with Crippen LogP contribution in [0.15, 0.2) is 58.1 Å². The van der Waals surface area contributed by atoms with Gasteiger partial charge in [-0.1, -0.05) is 30.3 Å². The second kappa shape index (κ2) is 9.20. The molecule has 1 atom stereocenters. The minimum absolute atomic E-state index is 0.129. The molecule has 3 rings (SSSR count). The van der Waals surface area contributed by atoms with Gasteiger partial charge in [0.2, 0.25) is 0 Å². The minimum atomic E-state index is -1.71. The van der Waals surface area contributed by atoms with Gasteiger partial charge < -0.3 is 19.3 Å². The molecule has 0 aliphatic carbocycles. The summed E-state index contributed by atoms with van der Waals surface area (Å²) >= 11 is 0. The van der Waals surface area contributed by atoms with Gasteiger partial charge in [-0.05, 0) is 37.1 Å². The van der Waals surface area contributed by atoms with E-state index in [9.17, 15) is 14.7 Å². The normalized spacial score (nSPS) is 12.9. The van der Waals surface area contributed by atoms with Gasteiger partial charge in [0.15, 0.2) is 0 Å². The van der Waals surface area contributed by atoms with Gasteiger partial charge in [0, 0.05) is 11.6 Å². The molecule has 0 fully saturated rings. The molecule has 8 heteroatoms. The summed E-state index contributed by atoms with van der Waals surface area (Å²) in [5, 5.41) is 11.5. The van der Waals surface area contributed by atoms with E-state index in [2.05, 4.69) is 4.98 Å². The highest BCUT2D eigenvalue weighted by atomic mass is 16.5. The summed E-state index contributed by atoms with van der Waals surface area (Å²) in [6.07, 6.45) is 0. The van der Waals surface area contributed by atoms with E-state index in [1.165, 1.54) is 25.7 Å². The number of aliphatic hydroxyl groups is 1. The molecule has 0 aliphatic rings. The molecule has 1 heterocycles. The fourth-order valence-corrected chi connectivity index (χ4v) is 3.48. The minimum Gasteiger partial charge on any atom is -0.497 e. The third kappa shape index (κ3) is 4.70. The molecule has 0 saturated carbocycles. The van der Waals surface area contributed by atoms with Crippen molar-refractivity contribution in [2.45, 2.75) is 32.8 Å². The molecule has 0 saturated heterocycles. The maximum Gasteiger partial charge on any atom is 0.330 e. The zero-order valence-corrected chi connectivity index (χ0v) is 18.0. The Bertz CT molecular complexity index is 1140. The molecule has 0 radical (unpaired) electrons. The molecular formula is C23H26N2O6. The number of aromatic nitrogens is 2. The molecule has 31 heavy (non-hydrogen) atoms. The Morgan fingerprint density at radius 3 is 2.23 bits per heavy atom. The number of methoxy groups -OCH3 is 2. The lowest BCUT2D eigenvalue weighted by molar-refractivity contribution is 0.0385. The quantitative estimate of drug-likeness (QED) is 0.573. The molecule has 2 N–H and O–H groups in total. The number of rotatable bonds is 8. The monoisotopic (exact) mass is 426 g/mol. The van der Waals surface area contributed by atoms with Crippen molar-refractivity contribution in [2.75, 3.05) is 14.2 Å². The molecular weight excluding hydrogens is 400 g/mol. The highest BCUT2D eigenvalue weighted by Gasteiger charge is 2.33. The number of aromatic amines is 1. The number of benzene rings is 2. The van der Waals surface area contributed by atoms with Gasteiger partial charge >= 0.3 is 5.69 Å². The maximum atomic E-state index is 12.6. The van der Waals surface area contributed by atoms with E-state index in [1.54, 1.807) is 25.1 Å². The number of hydrogen-bond acceptors (Lipinski definition) is 6. The van der Waals surface area contributed by atoms with Crippen LogP contribution in [0.2, 0.25) is 0 Å². The fraction of sp³-hybridized carbons (Fsp3) is 0.304. The number of nitrogens with zero attached hydrogens (tertiary/aromatic N) is 1. The zero-order chi connectivity index (χ0) is 22.6. The zero-order valence-electron chi connectivity index (χ0n) is 18.0. The number of nitrogens with one attached hydrogen (secondary N) is 1. The predicted molar refractivity (Wildman–Crippen MR) is 116 cm³/mol. The van der Waals surface area contributed by atoms with E-state index >= 15 is 0 Å². The lowest BCUT2D eigenvalue weighted by Crippen LogP contribution is -2.41. The summed E-state index contributed by atoms with van der Waals surface area (Å²) in [6.45, 7) is 3.17. The van der Waals surface area contributed by atoms with Crippen LogP contribution < -0.4 is 20.7 Å². The Kier molecular flexibility index (Phi) is 6.62. The van der Waals surface area contributed by atoms with Crippen LogP contribution in [-0.2, 0) is 23.7 Å². The molecule has 2 aromatic carbocycles. The van der Waals surface area contributed by atoms with Crippen LogP contribution in [0.4, 0.5) is 0 Å². The van der Waals surface area contributed by atoms with E-state index in [1.807, 2.05) is 30.3 Å². The second-order valence-electron chi connectivity index (χ2n) is 7.30.